The highest BCUT2D eigenvalue weighted by atomic mass is 32.1. The van der Waals surface area contributed by atoms with Crippen molar-refractivity contribution in [3.63, 3.8) is 0 Å². The number of likely N-dealkylation sites (N-methyl/N-ethyl adjacent to an activating group) is 1. The summed E-state index contributed by atoms with van der Waals surface area (Å²) in [5.41, 5.74) is 0.304. The van der Waals surface area contributed by atoms with Crippen LogP contribution in [0.4, 0.5) is 0 Å². The minimum absolute atomic E-state index is 0.304. The smallest absolute Gasteiger partial charge is 0.166 e. The maximum absolute atomic E-state index is 5.57. The third-order valence-corrected chi connectivity index (χ3v) is 6.63. The maximum Gasteiger partial charge on any atom is 0.166 e. The van der Waals surface area contributed by atoms with Crippen LogP contribution in [-0.4, -0.2) is 42.2 Å². The molecule has 3 nitrogen and oxygen atoms in total. The Labute approximate surface area is 135 Å². The zero-order valence-corrected chi connectivity index (χ0v) is 14.5. The van der Waals surface area contributed by atoms with E-state index >= 15 is 0 Å². The first-order valence-electron chi connectivity index (χ1n) is 8.81. The second kappa shape index (κ2) is 6.41. The van der Waals surface area contributed by atoms with Crippen LogP contribution in [0.1, 0.15) is 57.8 Å². The molecule has 0 spiro atoms. The predicted octanol–water partition coefficient (Wildman–Crippen LogP) is 2.90. The number of nitrogens with one attached hydrogen (secondary N) is 2. The van der Waals surface area contributed by atoms with E-state index in [1.54, 1.807) is 0 Å². The molecule has 3 fully saturated rings. The zero-order valence-electron chi connectivity index (χ0n) is 13.7. The summed E-state index contributed by atoms with van der Waals surface area (Å²) < 4.78 is 0. The number of hydrogen-bond donors (Lipinski definition) is 2. The number of rotatable bonds is 4. The van der Waals surface area contributed by atoms with Crippen LogP contribution < -0.4 is 10.6 Å². The van der Waals surface area contributed by atoms with Gasteiger partial charge in [0.1, 0.15) is 0 Å². The van der Waals surface area contributed by atoms with Crippen molar-refractivity contribution in [1.82, 2.24) is 15.5 Å². The van der Waals surface area contributed by atoms with Gasteiger partial charge in [0.05, 0.1) is 0 Å². The van der Waals surface area contributed by atoms with Crippen LogP contribution in [0.3, 0.4) is 0 Å². The van der Waals surface area contributed by atoms with Crippen molar-refractivity contribution in [1.29, 1.82) is 0 Å². The molecule has 3 saturated carbocycles. The Morgan fingerprint density at radius 2 is 1.90 bits per heavy atom. The van der Waals surface area contributed by atoms with Gasteiger partial charge in [-0.15, -0.1) is 0 Å². The van der Waals surface area contributed by atoms with Gasteiger partial charge in [-0.3, -0.25) is 0 Å². The number of thiocarbonyl (C=S) groups is 1. The van der Waals surface area contributed by atoms with Gasteiger partial charge in [0.25, 0.3) is 0 Å². The van der Waals surface area contributed by atoms with E-state index in [0.717, 1.165) is 23.5 Å². The van der Waals surface area contributed by atoms with E-state index in [4.69, 9.17) is 12.2 Å². The van der Waals surface area contributed by atoms with Crippen LogP contribution in [0.15, 0.2) is 0 Å². The Morgan fingerprint density at radius 1 is 1.14 bits per heavy atom. The first-order valence-corrected chi connectivity index (χ1v) is 9.22. The minimum atomic E-state index is 0.304. The highest BCUT2D eigenvalue weighted by Crippen LogP contribution is 2.44. The fourth-order valence-corrected chi connectivity index (χ4v) is 5.10. The van der Waals surface area contributed by atoms with E-state index in [-0.39, 0.29) is 0 Å². The molecule has 3 atom stereocenters. The van der Waals surface area contributed by atoms with Gasteiger partial charge in [-0.2, -0.15) is 0 Å². The third-order valence-electron chi connectivity index (χ3n) is 6.37. The van der Waals surface area contributed by atoms with Gasteiger partial charge in [0.15, 0.2) is 5.11 Å². The molecule has 120 valence electrons. The summed E-state index contributed by atoms with van der Waals surface area (Å²) in [7, 11) is 4.44. The number of hydrogen-bond acceptors (Lipinski definition) is 2. The molecule has 0 aliphatic heterocycles. The maximum atomic E-state index is 5.57. The lowest BCUT2D eigenvalue weighted by Crippen LogP contribution is -2.56. The van der Waals surface area contributed by atoms with Crippen molar-refractivity contribution in [2.24, 2.45) is 11.8 Å². The molecule has 0 amide bonds. The van der Waals surface area contributed by atoms with E-state index in [1.165, 1.54) is 57.8 Å². The molecule has 3 aliphatic rings. The van der Waals surface area contributed by atoms with Crippen molar-refractivity contribution in [2.75, 3.05) is 20.6 Å². The normalized spacial score (nSPS) is 34.1. The van der Waals surface area contributed by atoms with Gasteiger partial charge in [0, 0.05) is 18.1 Å². The lowest BCUT2D eigenvalue weighted by atomic mass is 9.80. The Kier molecular flexibility index (Phi) is 4.75. The third kappa shape index (κ3) is 3.37. The van der Waals surface area contributed by atoms with Crippen LogP contribution in [0.5, 0.6) is 0 Å². The van der Waals surface area contributed by atoms with Crippen LogP contribution in [0.25, 0.3) is 0 Å². The molecular weight excluding hydrogens is 278 g/mol. The molecule has 2 bridgehead atoms. The average molecular weight is 310 g/mol. The van der Waals surface area contributed by atoms with Crippen molar-refractivity contribution in [3.8, 4) is 0 Å². The van der Waals surface area contributed by atoms with Gasteiger partial charge in [0.2, 0.25) is 0 Å². The fourth-order valence-electron chi connectivity index (χ4n) is 4.88. The Morgan fingerprint density at radius 3 is 2.48 bits per heavy atom. The SMILES string of the molecule is CN(C)C1(CNC(=S)N[C@H]2C[C@H]3CC[C@@H]2C3)CCCCC1. The second-order valence-electron chi connectivity index (χ2n) is 7.79. The minimum Gasteiger partial charge on any atom is -0.361 e. The Bertz CT molecular complexity index is 376. The van der Waals surface area contributed by atoms with E-state index in [2.05, 4.69) is 29.6 Å². The standard InChI is InChI=1S/C17H31N3S/c1-20(2)17(8-4-3-5-9-17)12-18-16(21)19-15-11-13-6-7-14(15)10-13/h13-15H,3-12H2,1-2H3,(H2,18,19,21)/t13-,14+,15-/m0/s1. The van der Waals surface area contributed by atoms with Crippen molar-refractivity contribution >= 4 is 17.3 Å². The van der Waals surface area contributed by atoms with Crippen molar-refractivity contribution in [3.05, 3.63) is 0 Å². The van der Waals surface area contributed by atoms with Crippen LogP contribution in [-0.2, 0) is 0 Å². The largest absolute Gasteiger partial charge is 0.361 e. The summed E-state index contributed by atoms with van der Waals surface area (Å²) in [5, 5.41) is 8.04. The summed E-state index contributed by atoms with van der Waals surface area (Å²) >= 11 is 5.57. The van der Waals surface area contributed by atoms with E-state index in [1.807, 2.05) is 0 Å². The Balaban J connectivity index is 1.48. The van der Waals surface area contributed by atoms with Crippen molar-refractivity contribution in [2.45, 2.75) is 69.4 Å². The van der Waals surface area contributed by atoms with E-state index in [9.17, 15) is 0 Å². The molecular formula is C17H31N3S. The van der Waals surface area contributed by atoms with Gasteiger partial charge >= 0.3 is 0 Å². The molecule has 0 saturated heterocycles. The quantitative estimate of drug-likeness (QED) is 0.781. The molecule has 0 radical (unpaired) electrons. The molecule has 0 aromatic rings. The van der Waals surface area contributed by atoms with Crippen LogP contribution in [0, 0.1) is 11.8 Å². The summed E-state index contributed by atoms with van der Waals surface area (Å²) in [6.45, 7) is 0.993. The topological polar surface area (TPSA) is 27.3 Å². The van der Waals surface area contributed by atoms with Gasteiger partial charge < -0.3 is 15.5 Å². The zero-order chi connectivity index (χ0) is 14.9. The molecule has 2 N–H and O–H groups in total. The average Bonchev–Trinajstić information content (AvgIpc) is 3.08. The van der Waals surface area contributed by atoms with Crippen LogP contribution >= 0.6 is 12.2 Å². The molecule has 4 heteroatoms. The van der Waals surface area contributed by atoms with Gasteiger partial charge in [-0.1, -0.05) is 25.7 Å². The fraction of sp³-hybridized carbons (Fsp3) is 0.941. The number of fused-ring (bicyclic) bond motifs is 2. The summed E-state index contributed by atoms with van der Waals surface area (Å²) in [5.74, 6) is 1.86. The molecule has 21 heavy (non-hydrogen) atoms. The molecule has 0 aromatic heterocycles. The Hall–Kier alpha value is -0.350. The molecule has 3 rings (SSSR count). The number of nitrogens with zero attached hydrogens (tertiary/aromatic N) is 1. The summed E-state index contributed by atoms with van der Waals surface area (Å²) in [4.78, 5) is 2.42. The highest BCUT2D eigenvalue weighted by molar-refractivity contribution is 7.80. The van der Waals surface area contributed by atoms with Crippen molar-refractivity contribution < 1.29 is 0 Å². The first kappa shape index (κ1) is 15.5. The molecule has 0 unspecified atom stereocenters. The van der Waals surface area contributed by atoms with Crippen LogP contribution in [0.2, 0.25) is 0 Å². The molecule has 0 aromatic carbocycles. The van der Waals surface area contributed by atoms with Gasteiger partial charge in [-0.25, -0.2) is 0 Å². The predicted molar refractivity (Wildman–Crippen MR) is 92.5 cm³/mol. The van der Waals surface area contributed by atoms with E-state index in [0.29, 0.717) is 11.6 Å². The first-order chi connectivity index (χ1) is 10.1. The summed E-state index contributed by atoms with van der Waals surface area (Å²) in [6.07, 6.45) is 12.3. The lowest BCUT2D eigenvalue weighted by Gasteiger charge is -2.43. The molecule has 0 heterocycles. The second-order valence-corrected chi connectivity index (χ2v) is 8.20. The molecule has 3 aliphatic carbocycles. The lowest BCUT2D eigenvalue weighted by molar-refractivity contribution is 0.104. The monoisotopic (exact) mass is 309 g/mol. The highest BCUT2D eigenvalue weighted by Gasteiger charge is 2.40. The van der Waals surface area contributed by atoms with E-state index < -0.39 is 0 Å². The summed E-state index contributed by atoms with van der Waals surface area (Å²) in [6, 6.07) is 0.644. The van der Waals surface area contributed by atoms with Gasteiger partial charge in [-0.05, 0) is 70.3 Å².